The van der Waals surface area contributed by atoms with Crippen molar-refractivity contribution in [1.82, 2.24) is 10.3 Å². The summed E-state index contributed by atoms with van der Waals surface area (Å²) in [5.74, 6) is 1.84. The number of thioether (sulfide) groups is 1. The van der Waals surface area contributed by atoms with Gasteiger partial charge in [0.05, 0.1) is 5.69 Å². The summed E-state index contributed by atoms with van der Waals surface area (Å²) in [6.07, 6.45) is 3.14. The van der Waals surface area contributed by atoms with Gasteiger partial charge in [0.1, 0.15) is 0 Å². The molecule has 3 heteroatoms. The number of fused-ring (bicyclic) bond motifs is 1. The smallest absolute Gasteiger partial charge is 0.0583 e. The molecule has 1 aromatic heterocycles. The van der Waals surface area contributed by atoms with Crippen molar-refractivity contribution in [3.05, 3.63) is 24.0 Å². The third kappa shape index (κ3) is 1.86. The van der Waals surface area contributed by atoms with Crippen molar-refractivity contribution >= 4 is 11.8 Å². The predicted octanol–water partition coefficient (Wildman–Crippen LogP) is 1.88. The predicted molar refractivity (Wildman–Crippen MR) is 56.2 cm³/mol. The Kier molecular flexibility index (Phi) is 2.86. The number of nitrogens with zero attached hydrogens (tertiary/aromatic N) is 1. The summed E-state index contributed by atoms with van der Waals surface area (Å²) in [4.78, 5) is 5.83. The maximum Gasteiger partial charge on any atom is 0.0583 e. The molecule has 2 nitrogen and oxygen atoms in total. The molecule has 1 atom stereocenters. The fourth-order valence-corrected chi connectivity index (χ4v) is 2.89. The molecule has 13 heavy (non-hydrogen) atoms. The van der Waals surface area contributed by atoms with E-state index in [1.807, 2.05) is 31.1 Å². The van der Waals surface area contributed by atoms with Gasteiger partial charge in [-0.1, -0.05) is 0 Å². The molecule has 1 unspecified atom stereocenters. The van der Waals surface area contributed by atoms with Gasteiger partial charge in [0, 0.05) is 23.6 Å². The second-order valence-corrected chi connectivity index (χ2v) is 4.42. The fraction of sp³-hybridized carbons (Fsp3) is 0.500. The minimum absolute atomic E-state index is 0.613. The van der Waals surface area contributed by atoms with Gasteiger partial charge in [0.25, 0.3) is 0 Å². The highest BCUT2D eigenvalue weighted by Crippen LogP contribution is 2.35. The quantitative estimate of drug-likeness (QED) is 0.778. The van der Waals surface area contributed by atoms with Crippen LogP contribution in [0, 0.1) is 0 Å². The molecule has 2 rings (SSSR count). The maximum atomic E-state index is 4.46. The summed E-state index contributed by atoms with van der Waals surface area (Å²) in [7, 11) is 2.00. The Morgan fingerprint density at radius 2 is 2.62 bits per heavy atom. The van der Waals surface area contributed by atoms with Crippen LogP contribution in [0.25, 0.3) is 0 Å². The SMILES string of the molecule is CNCC1CCSc2cccnc21. The number of nitrogens with one attached hydrogen (secondary N) is 1. The molecule has 70 valence electrons. The average Bonchev–Trinajstić information content (AvgIpc) is 2.19. The summed E-state index contributed by atoms with van der Waals surface area (Å²) in [6, 6.07) is 4.20. The van der Waals surface area contributed by atoms with E-state index in [-0.39, 0.29) is 0 Å². The first-order chi connectivity index (χ1) is 6.42. The van der Waals surface area contributed by atoms with Crippen molar-refractivity contribution in [2.24, 2.45) is 0 Å². The molecule has 0 radical (unpaired) electrons. The molecule has 0 saturated carbocycles. The highest BCUT2D eigenvalue weighted by molar-refractivity contribution is 7.99. The highest BCUT2D eigenvalue weighted by atomic mass is 32.2. The first-order valence-electron chi connectivity index (χ1n) is 4.64. The van der Waals surface area contributed by atoms with Crippen molar-refractivity contribution < 1.29 is 0 Å². The molecule has 1 aliphatic rings. The second-order valence-electron chi connectivity index (χ2n) is 3.28. The number of likely N-dealkylation sites (N-methyl/N-ethyl adjacent to an activating group) is 1. The Hall–Kier alpha value is -0.540. The molecule has 2 heterocycles. The summed E-state index contributed by atoms with van der Waals surface area (Å²) >= 11 is 1.93. The molecule has 0 amide bonds. The summed E-state index contributed by atoms with van der Waals surface area (Å²) in [5, 5.41) is 3.23. The number of aromatic nitrogens is 1. The topological polar surface area (TPSA) is 24.9 Å². The molecule has 0 bridgehead atoms. The molecule has 0 fully saturated rings. The maximum absolute atomic E-state index is 4.46. The Morgan fingerprint density at radius 3 is 3.46 bits per heavy atom. The van der Waals surface area contributed by atoms with Crippen LogP contribution in [-0.4, -0.2) is 24.3 Å². The fourth-order valence-electron chi connectivity index (χ4n) is 1.72. The molecule has 1 aliphatic heterocycles. The lowest BCUT2D eigenvalue weighted by Crippen LogP contribution is -2.21. The van der Waals surface area contributed by atoms with Crippen molar-refractivity contribution in [3.8, 4) is 0 Å². The number of hydrogen-bond donors (Lipinski definition) is 1. The van der Waals surface area contributed by atoms with Crippen LogP contribution in [0.1, 0.15) is 18.0 Å². The lowest BCUT2D eigenvalue weighted by Gasteiger charge is -2.23. The minimum atomic E-state index is 0.613. The molecule has 1 N–H and O–H groups in total. The number of hydrogen-bond acceptors (Lipinski definition) is 3. The summed E-state index contributed by atoms with van der Waals surface area (Å²) < 4.78 is 0. The number of rotatable bonds is 2. The van der Waals surface area contributed by atoms with Crippen LogP contribution in [0.15, 0.2) is 23.2 Å². The van der Waals surface area contributed by atoms with E-state index in [1.54, 1.807) is 0 Å². The minimum Gasteiger partial charge on any atom is -0.319 e. The zero-order chi connectivity index (χ0) is 9.10. The van der Waals surface area contributed by atoms with Crippen molar-refractivity contribution in [2.75, 3.05) is 19.3 Å². The Morgan fingerprint density at radius 1 is 1.69 bits per heavy atom. The van der Waals surface area contributed by atoms with Crippen LogP contribution >= 0.6 is 11.8 Å². The van der Waals surface area contributed by atoms with E-state index in [0.29, 0.717) is 5.92 Å². The zero-order valence-electron chi connectivity index (χ0n) is 7.79. The van der Waals surface area contributed by atoms with Crippen LogP contribution in [0.5, 0.6) is 0 Å². The molecule has 0 aromatic carbocycles. The number of pyridine rings is 1. The first kappa shape index (κ1) is 9.03. The Bertz CT molecular complexity index is 288. The highest BCUT2D eigenvalue weighted by Gasteiger charge is 2.20. The molecule has 0 aliphatic carbocycles. The van der Waals surface area contributed by atoms with Crippen molar-refractivity contribution in [3.63, 3.8) is 0 Å². The van der Waals surface area contributed by atoms with Gasteiger partial charge in [0.15, 0.2) is 0 Å². The normalized spacial score (nSPS) is 21.2. The molecular weight excluding hydrogens is 180 g/mol. The lowest BCUT2D eigenvalue weighted by atomic mass is 10.0. The zero-order valence-corrected chi connectivity index (χ0v) is 8.60. The van der Waals surface area contributed by atoms with Crippen molar-refractivity contribution in [1.29, 1.82) is 0 Å². The van der Waals surface area contributed by atoms with E-state index in [9.17, 15) is 0 Å². The van der Waals surface area contributed by atoms with Crippen LogP contribution in [0.3, 0.4) is 0 Å². The van der Waals surface area contributed by atoms with Gasteiger partial charge in [-0.15, -0.1) is 11.8 Å². The Labute approximate surface area is 83.1 Å². The summed E-state index contributed by atoms with van der Waals surface area (Å²) in [5.41, 5.74) is 1.29. The lowest BCUT2D eigenvalue weighted by molar-refractivity contribution is 0.583. The van der Waals surface area contributed by atoms with E-state index in [0.717, 1.165) is 6.54 Å². The molecule has 0 spiro atoms. The third-order valence-electron chi connectivity index (χ3n) is 2.36. The van der Waals surface area contributed by atoms with Gasteiger partial charge >= 0.3 is 0 Å². The Balaban J connectivity index is 2.26. The molecule has 1 aromatic rings. The summed E-state index contributed by atoms with van der Waals surface area (Å²) in [6.45, 7) is 1.05. The third-order valence-corrected chi connectivity index (χ3v) is 3.46. The van der Waals surface area contributed by atoms with E-state index < -0.39 is 0 Å². The van der Waals surface area contributed by atoms with Crippen LogP contribution < -0.4 is 5.32 Å². The second kappa shape index (κ2) is 4.11. The van der Waals surface area contributed by atoms with Gasteiger partial charge in [-0.3, -0.25) is 4.98 Å². The van der Waals surface area contributed by atoms with E-state index in [1.165, 1.54) is 22.8 Å². The van der Waals surface area contributed by atoms with Gasteiger partial charge < -0.3 is 5.32 Å². The van der Waals surface area contributed by atoms with E-state index >= 15 is 0 Å². The van der Waals surface area contributed by atoms with E-state index in [4.69, 9.17) is 0 Å². The standard InChI is InChI=1S/C10H14N2S/c1-11-7-8-4-6-13-9-3-2-5-12-10(8)9/h2-3,5,8,11H,4,6-7H2,1H3. The van der Waals surface area contributed by atoms with Crippen molar-refractivity contribution in [2.45, 2.75) is 17.2 Å². The van der Waals surface area contributed by atoms with Crippen LogP contribution in [0.4, 0.5) is 0 Å². The largest absolute Gasteiger partial charge is 0.319 e. The molecule has 0 saturated heterocycles. The van der Waals surface area contributed by atoms with Gasteiger partial charge in [-0.05, 0) is 31.4 Å². The van der Waals surface area contributed by atoms with Gasteiger partial charge in [-0.2, -0.15) is 0 Å². The van der Waals surface area contributed by atoms with Gasteiger partial charge in [-0.25, -0.2) is 0 Å². The monoisotopic (exact) mass is 194 g/mol. The van der Waals surface area contributed by atoms with Gasteiger partial charge in [0.2, 0.25) is 0 Å². The van der Waals surface area contributed by atoms with Crippen LogP contribution in [0.2, 0.25) is 0 Å². The molecular formula is C10H14N2S. The first-order valence-corrected chi connectivity index (χ1v) is 5.62. The average molecular weight is 194 g/mol. The van der Waals surface area contributed by atoms with Crippen LogP contribution in [-0.2, 0) is 0 Å². The van der Waals surface area contributed by atoms with E-state index in [2.05, 4.69) is 16.4 Å².